The molecule has 4 saturated heterocycles. The molecule has 7 N–H and O–H groups in total. The zero-order valence-electron chi connectivity index (χ0n) is 49.4. The summed E-state index contributed by atoms with van der Waals surface area (Å²) < 4.78 is 24.0. The number of fused-ring (bicyclic) bond motifs is 4. The first-order valence-electron chi connectivity index (χ1n) is 28.3. The van der Waals surface area contributed by atoms with Gasteiger partial charge < -0.3 is 54.7 Å². The molecule has 4 aliphatic heterocycles. The van der Waals surface area contributed by atoms with Crippen molar-refractivity contribution in [1.82, 2.24) is 0 Å². The van der Waals surface area contributed by atoms with Crippen molar-refractivity contribution in [3.8, 4) is 0 Å². The van der Waals surface area contributed by atoms with Gasteiger partial charge in [0.25, 0.3) is 0 Å². The van der Waals surface area contributed by atoms with E-state index in [4.69, 9.17) is 18.9 Å². The molecule has 0 unspecified atom stereocenters. The number of aliphatic hydroxyl groups excluding tert-OH is 7. The number of rotatable bonds is 4. The van der Waals surface area contributed by atoms with Crippen molar-refractivity contribution in [3.05, 3.63) is 164 Å². The minimum atomic E-state index is -2.20. The van der Waals surface area contributed by atoms with Crippen LogP contribution < -0.4 is 0 Å². The van der Waals surface area contributed by atoms with Crippen LogP contribution in [-0.2, 0) is 62.1 Å². The van der Waals surface area contributed by atoms with Crippen LogP contribution in [0.4, 0.5) is 0 Å². The smallest absolute Gasteiger partial charge is 0.346 e. The van der Waals surface area contributed by atoms with Crippen molar-refractivity contribution < 1.29 is 97.8 Å². The summed E-state index contributed by atoms with van der Waals surface area (Å²) in [6, 6.07) is 0. The van der Waals surface area contributed by atoms with Gasteiger partial charge in [0.2, 0.25) is 23.1 Å². The third kappa shape index (κ3) is 8.90. The summed E-state index contributed by atoms with van der Waals surface area (Å²) in [4.78, 5) is 129. The molecule has 20 heteroatoms. The lowest BCUT2D eigenvalue weighted by atomic mass is 9.60. The fraction of sp³-hybridized carbons (Fsp3) is 0.439. The summed E-state index contributed by atoms with van der Waals surface area (Å²) in [5.74, 6) is -14.9. The molecule has 454 valence electrons. The minimum absolute atomic E-state index is 0.0801. The van der Waals surface area contributed by atoms with Crippen molar-refractivity contribution in [3.63, 3.8) is 0 Å². The summed E-state index contributed by atoms with van der Waals surface area (Å²) in [7, 11) is 0. The third-order valence-electron chi connectivity index (χ3n) is 19.7. The van der Waals surface area contributed by atoms with Gasteiger partial charge in [0, 0.05) is 25.7 Å². The SMILES string of the molecule is C/C1=C\C=C\[C@@]2(C)C=C(CO)[C@H](C)C[C@]23OC(=O)C(=C(O)/C=C/[C@@]2(C)C=C(CO)[C@H](C)C[C@]24OC(=O)C(=C(O)/C(C)=C/C=C/[C@]2(C)C=C(CO)[C@H](C)C[C@@]25OC(=O)C(=C(O)/C=C/[C@@]2(C)C=C(C=O)[C@H](C)C[C@]26OC(=O)C(=C1O)C6=O)C5=O)C4=O)C3=O. The Morgan fingerprint density at radius 1 is 0.442 bits per heavy atom. The van der Waals surface area contributed by atoms with E-state index in [1.165, 1.54) is 114 Å². The molecule has 0 aromatic carbocycles. The van der Waals surface area contributed by atoms with Crippen molar-refractivity contribution in [2.75, 3.05) is 19.8 Å². The van der Waals surface area contributed by atoms with Crippen molar-refractivity contribution in [2.45, 2.75) is 117 Å². The number of ether oxygens (including phenoxy) is 4. The van der Waals surface area contributed by atoms with Gasteiger partial charge in [-0.3, -0.25) is 24.0 Å². The van der Waals surface area contributed by atoms with E-state index in [0.717, 1.165) is 12.2 Å². The first-order chi connectivity index (χ1) is 40.2. The van der Waals surface area contributed by atoms with Gasteiger partial charge in [-0.15, -0.1) is 0 Å². The normalized spacial score (nSPS) is 40.5. The second kappa shape index (κ2) is 21.3. The standard InChI is InChI=1S/C66H70O20/c1-33-13-11-17-59(7)25-39(29-67)35(3)21-63(59)51(75)45(55(79)83-63)44(72)16-20-62(10)28-42(32-70)38(6)24-66(62)54(78)48(58(82)86-66)50(74)34(2)14-12-18-60(8)26-40(30-68)36(4)22-64(60)52(76)46(56(80)84-64)43(71)15-19-61(9)27-41(31-69)37(5)23-65(61)53(77)47(49(33)73)57(81)85-65/h11-20,25-28,31,35-38,67-68,70-74H,21-24,29-30,32H2,1-10H3/b17-11+,18-12+,19-15+,20-16+,33-13+,34-14+,45-44?,46-43?,49-47?,50-48?/t35-,36-,37-,38-,59+,60-,61+,62+,63-,64+,65-,66-/m1/s1. The van der Waals surface area contributed by atoms with Crippen molar-refractivity contribution in [2.24, 2.45) is 45.3 Å². The molecule has 0 radical (unpaired) electrons. The lowest BCUT2D eigenvalue weighted by Gasteiger charge is -2.45. The Morgan fingerprint density at radius 3 is 1.03 bits per heavy atom. The van der Waals surface area contributed by atoms with Gasteiger partial charge in [-0.1, -0.05) is 101 Å². The van der Waals surface area contributed by atoms with E-state index in [1.54, 1.807) is 27.7 Å². The number of aliphatic hydroxyl groups is 7. The Hall–Kier alpha value is -8.33. The van der Waals surface area contributed by atoms with Gasteiger partial charge in [0.1, 0.15) is 51.6 Å². The maximum absolute atomic E-state index is 15.0. The molecule has 0 aromatic rings. The van der Waals surface area contributed by atoms with E-state index in [0.29, 0.717) is 23.0 Å². The number of hydrogen-bond donors (Lipinski definition) is 7. The molecule has 4 heterocycles. The monoisotopic (exact) mass is 1180 g/mol. The molecule has 5 aliphatic carbocycles. The van der Waals surface area contributed by atoms with E-state index < -0.39 is 180 Å². The Labute approximate surface area is 495 Å². The zero-order valence-corrected chi connectivity index (χ0v) is 49.4. The van der Waals surface area contributed by atoms with Crippen LogP contribution in [0, 0.1) is 45.3 Å². The highest BCUT2D eigenvalue weighted by atomic mass is 16.6. The molecular formula is C66H70O20. The number of carbonyl (C=O) groups is 9. The molecule has 20 nitrogen and oxygen atoms in total. The highest BCUT2D eigenvalue weighted by Gasteiger charge is 2.68. The van der Waals surface area contributed by atoms with Gasteiger partial charge in [-0.25, -0.2) is 19.2 Å². The first kappa shape index (κ1) is 62.2. The van der Waals surface area contributed by atoms with Crippen LogP contribution in [0.3, 0.4) is 0 Å². The zero-order chi connectivity index (χ0) is 63.4. The van der Waals surface area contributed by atoms with Crippen molar-refractivity contribution >= 4 is 53.3 Å². The summed E-state index contributed by atoms with van der Waals surface area (Å²) >= 11 is 0. The van der Waals surface area contributed by atoms with E-state index >= 15 is 14.4 Å². The quantitative estimate of drug-likeness (QED) is 0.0495. The first-order valence-corrected chi connectivity index (χ1v) is 28.3. The van der Waals surface area contributed by atoms with Crippen molar-refractivity contribution in [1.29, 1.82) is 0 Å². The second-order valence-corrected chi connectivity index (χ2v) is 25.2. The van der Waals surface area contributed by atoms with Crippen LogP contribution in [0.15, 0.2) is 164 Å². The minimum Gasteiger partial charge on any atom is -0.507 e. The second-order valence-electron chi connectivity index (χ2n) is 25.2. The van der Waals surface area contributed by atoms with E-state index in [1.807, 2.05) is 0 Å². The van der Waals surface area contributed by atoms with Gasteiger partial charge >= 0.3 is 23.9 Å². The molecule has 8 bridgehead atoms. The Bertz CT molecular complexity index is 3630. The summed E-state index contributed by atoms with van der Waals surface area (Å²) in [5.41, 5.74) is -17.3. The fourth-order valence-corrected chi connectivity index (χ4v) is 14.2. The fourth-order valence-electron chi connectivity index (χ4n) is 14.2. The molecule has 0 saturated carbocycles. The van der Waals surface area contributed by atoms with E-state index in [9.17, 15) is 64.5 Å². The predicted octanol–water partition coefficient (Wildman–Crippen LogP) is 6.89. The summed E-state index contributed by atoms with van der Waals surface area (Å²) in [6.45, 7) is 13.9. The van der Waals surface area contributed by atoms with E-state index in [2.05, 4.69) is 0 Å². The van der Waals surface area contributed by atoms with Crippen LogP contribution >= 0.6 is 0 Å². The van der Waals surface area contributed by atoms with Crippen LogP contribution in [0.5, 0.6) is 0 Å². The maximum Gasteiger partial charge on any atom is 0.346 e. The summed E-state index contributed by atoms with van der Waals surface area (Å²) in [5, 5.41) is 78.9. The lowest BCUT2D eigenvalue weighted by Crippen LogP contribution is -2.53. The Kier molecular flexibility index (Phi) is 15.4. The number of Topliss-reactive ketones (excluding diaryl/α,β-unsaturated/α-hetero) is 4. The number of ketones is 4. The molecule has 86 heavy (non-hydrogen) atoms. The highest BCUT2D eigenvalue weighted by molar-refractivity contribution is 6.29. The molecular weight excluding hydrogens is 1110 g/mol. The molecule has 4 spiro atoms. The Balaban J connectivity index is 1.26. The van der Waals surface area contributed by atoms with Gasteiger partial charge in [-0.05, 0) is 111 Å². The number of esters is 4. The van der Waals surface area contributed by atoms with Crippen LogP contribution in [0.2, 0.25) is 0 Å². The molecule has 0 aromatic heterocycles. The van der Waals surface area contributed by atoms with Gasteiger partial charge in [0.05, 0.1) is 41.5 Å². The number of carbonyl (C=O) groups excluding carboxylic acids is 9. The molecule has 4 fully saturated rings. The third-order valence-corrected chi connectivity index (χ3v) is 19.7. The largest absolute Gasteiger partial charge is 0.507 e. The highest BCUT2D eigenvalue weighted by Crippen LogP contribution is 2.58. The van der Waals surface area contributed by atoms with Gasteiger partial charge in [-0.2, -0.15) is 0 Å². The molecule has 0 amide bonds. The van der Waals surface area contributed by atoms with Gasteiger partial charge in [0.15, 0.2) is 22.4 Å². The summed E-state index contributed by atoms with van der Waals surface area (Å²) in [6.07, 6.45) is 17.9. The maximum atomic E-state index is 15.0. The van der Waals surface area contributed by atoms with Crippen LogP contribution in [0.25, 0.3) is 0 Å². The predicted molar refractivity (Wildman–Crippen MR) is 305 cm³/mol. The Morgan fingerprint density at radius 2 is 0.721 bits per heavy atom. The van der Waals surface area contributed by atoms with E-state index in [-0.39, 0.29) is 42.4 Å². The molecule has 9 rings (SSSR count). The number of allylic oxidation sites excluding steroid dienone is 9. The average Bonchev–Trinajstić information content (AvgIpc) is 1.52. The number of aldehydes is 1. The van der Waals surface area contributed by atoms with Crippen LogP contribution in [-0.4, -0.2) is 131 Å². The average molecular weight is 1180 g/mol. The van der Waals surface area contributed by atoms with Crippen LogP contribution in [0.1, 0.15) is 94.9 Å². The molecule has 9 aliphatic rings. The molecule has 12 atom stereocenters. The number of hydrogen-bond acceptors (Lipinski definition) is 20. The lowest BCUT2D eigenvalue weighted by molar-refractivity contribution is -0.162. The topological polar surface area (TPSA) is 332 Å².